The molecule has 0 aromatic heterocycles. The maximum absolute atomic E-state index is 8.65. The van der Waals surface area contributed by atoms with Gasteiger partial charge in [0.15, 0.2) is 0 Å². The fourth-order valence-corrected chi connectivity index (χ4v) is 4.58. The normalized spacial score (nSPS) is 13.6. The van der Waals surface area contributed by atoms with Gasteiger partial charge in [-0.25, -0.2) is 0 Å². The van der Waals surface area contributed by atoms with Crippen molar-refractivity contribution in [3.63, 3.8) is 0 Å². The smallest absolute Gasteiger partial charge is 0.132 e. The van der Waals surface area contributed by atoms with Crippen molar-refractivity contribution in [3.05, 3.63) is 47.0 Å². The summed E-state index contributed by atoms with van der Waals surface area (Å²) in [6, 6.07) is 10.9. The molecule has 7 heteroatoms. The zero-order chi connectivity index (χ0) is 27.2. The first-order chi connectivity index (χ1) is 18.5. The summed E-state index contributed by atoms with van der Waals surface area (Å²) < 4.78 is 34.7. The second kappa shape index (κ2) is 16.1. The van der Waals surface area contributed by atoms with E-state index in [4.69, 9.17) is 33.5 Å². The zero-order valence-electron chi connectivity index (χ0n) is 23.7. The van der Waals surface area contributed by atoms with Crippen LogP contribution in [0.5, 0.6) is 11.5 Å². The summed E-state index contributed by atoms with van der Waals surface area (Å²) in [6.45, 7) is 12.9. The zero-order valence-corrected chi connectivity index (χ0v) is 23.7. The monoisotopic (exact) mass is 530 g/mol. The van der Waals surface area contributed by atoms with Crippen LogP contribution in [0.1, 0.15) is 56.7 Å². The van der Waals surface area contributed by atoms with Gasteiger partial charge in [0.2, 0.25) is 0 Å². The summed E-state index contributed by atoms with van der Waals surface area (Å²) in [5.74, 6) is 1.75. The lowest BCUT2D eigenvalue weighted by atomic mass is 9.84. The maximum atomic E-state index is 8.65. The molecule has 2 aromatic rings. The van der Waals surface area contributed by atoms with Crippen LogP contribution >= 0.6 is 0 Å². The molecule has 212 valence electrons. The van der Waals surface area contributed by atoms with E-state index >= 15 is 0 Å². The number of aryl methyl sites for hydroxylation is 2. The van der Waals surface area contributed by atoms with E-state index in [9.17, 15) is 0 Å². The highest BCUT2D eigenvalue weighted by Gasteiger charge is 2.34. The highest BCUT2D eigenvalue weighted by molar-refractivity contribution is 5.82. The molecule has 1 heterocycles. The van der Waals surface area contributed by atoms with E-state index in [0.29, 0.717) is 59.5 Å². The Morgan fingerprint density at radius 1 is 0.789 bits per heavy atom. The van der Waals surface area contributed by atoms with Gasteiger partial charge in [-0.05, 0) is 56.9 Å². The predicted octanol–water partition coefficient (Wildman–Crippen LogP) is 5.46. The van der Waals surface area contributed by atoms with Crippen molar-refractivity contribution in [3.8, 4) is 22.6 Å². The van der Waals surface area contributed by atoms with Crippen LogP contribution < -0.4 is 9.47 Å². The van der Waals surface area contributed by atoms with Crippen LogP contribution in [0.2, 0.25) is 0 Å². The molecule has 1 N–H and O–H groups in total. The number of ether oxygens (including phenoxy) is 6. The molecule has 0 aliphatic carbocycles. The maximum Gasteiger partial charge on any atom is 0.132 e. The van der Waals surface area contributed by atoms with E-state index in [2.05, 4.69) is 58.0 Å². The van der Waals surface area contributed by atoms with Crippen molar-refractivity contribution in [2.45, 2.75) is 59.0 Å². The summed E-state index contributed by atoms with van der Waals surface area (Å²) in [5.41, 5.74) is 5.45. The molecule has 0 bridgehead atoms. The van der Waals surface area contributed by atoms with Crippen LogP contribution in [-0.4, -0.2) is 71.2 Å². The summed E-state index contributed by atoms with van der Waals surface area (Å²) in [4.78, 5) is 0. The molecule has 0 saturated heterocycles. The van der Waals surface area contributed by atoms with Crippen LogP contribution in [0, 0.1) is 6.92 Å². The predicted molar refractivity (Wildman–Crippen MR) is 149 cm³/mol. The molecule has 0 spiro atoms. The Labute approximate surface area is 228 Å². The van der Waals surface area contributed by atoms with E-state index in [0.717, 1.165) is 29.9 Å². The Hall–Kier alpha value is -2.16. The molecular weight excluding hydrogens is 484 g/mol. The number of rotatable bonds is 19. The van der Waals surface area contributed by atoms with Gasteiger partial charge in [0.05, 0.1) is 65.0 Å². The summed E-state index contributed by atoms with van der Waals surface area (Å²) >= 11 is 0. The fourth-order valence-electron chi connectivity index (χ4n) is 4.58. The Balaban J connectivity index is 1.52. The fraction of sp³-hybridized carbons (Fsp3) is 0.613. The van der Waals surface area contributed by atoms with Crippen molar-refractivity contribution < 1.29 is 33.5 Å². The van der Waals surface area contributed by atoms with Gasteiger partial charge in [0, 0.05) is 5.56 Å². The van der Waals surface area contributed by atoms with E-state index in [1.54, 1.807) is 0 Å². The first-order valence-electron chi connectivity index (χ1n) is 14.0. The second-order valence-electron chi connectivity index (χ2n) is 10.1. The molecule has 0 saturated carbocycles. The Morgan fingerprint density at radius 3 is 2.05 bits per heavy atom. The third-order valence-electron chi connectivity index (χ3n) is 6.49. The van der Waals surface area contributed by atoms with Crippen molar-refractivity contribution in [1.82, 2.24) is 0 Å². The lowest BCUT2D eigenvalue weighted by Gasteiger charge is -2.36. The molecule has 1 aliphatic rings. The SMILES string of the molecule is CCCCCc1cc(OCCOCCOCCOCCOCCO)c2c(c1)OC(C)(C)c1ccc(C)cc1-2. The molecule has 7 nitrogen and oxygen atoms in total. The summed E-state index contributed by atoms with van der Waals surface area (Å²) in [5, 5.41) is 8.65. The van der Waals surface area contributed by atoms with E-state index in [1.807, 2.05) is 0 Å². The first-order valence-corrected chi connectivity index (χ1v) is 14.0. The Bertz CT molecular complexity index is 973. The average molecular weight is 531 g/mol. The lowest BCUT2D eigenvalue weighted by Crippen LogP contribution is -2.29. The van der Waals surface area contributed by atoms with Crippen LogP contribution in [0.4, 0.5) is 0 Å². The van der Waals surface area contributed by atoms with Gasteiger partial charge in [-0.3, -0.25) is 0 Å². The average Bonchev–Trinajstić information content (AvgIpc) is 2.88. The minimum absolute atomic E-state index is 0.0300. The number of hydrogen-bond donors (Lipinski definition) is 1. The molecule has 3 rings (SSSR count). The van der Waals surface area contributed by atoms with Crippen molar-refractivity contribution in [2.75, 3.05) is 66.1 Å². The van der Waals surface area contributed by atoms with Crippen LogP contribution in [0.3, 0.4) is 0 Å². The molecule has 2 aromatic carbocycles. The van der Waals surface area contributed by atoms with Crippen LogP contribution in [0.25, 0.3) is 11.1 Å². The molecule has 0 unspecified atom stereocenters. The second-order valence-corrected chi connectivity index (χ2v) is 10.1. The molecule has 0 atom stereocenters. The Morgan fingerprint density at radius 2 is 1.42 bits per heavy atom. The number of aliphatic hydroxyl groups excluding tert-OH is 1. The minimum atomic E-state index is -0.406. The third kappa shape index (κ3) is 9.24. The van der Waals surface area contributed by atoms with Crippen molar-refractivity contribution in [1.29, 1.82) is 0 Å². The van der Waals surface area contributed by atoms with Crippen LogP contribution in [-0.2, 0) is 31.0 Å². The summed E-state index contributed by atoms with van der Waals surface area (Å²) in [7, 11) is 0. The third-order valence-corrected chi connectivity index (χ3v) is 6.49. The number of unbranched alkanes of at least 4 members (excludes halogenated alkanes) is 2. The topological polar surface area (TPSA) is 75.6 Å². The Kier molecular flexibility index (Phi) is 12.8. The van der Waals surface area contributed by atoms with E-state index in [1.165, 1.54) is 35.1 Å². The summed E-state index contributed by atoms with van der Waals surface area (Å²) in [6.07, 6.45) is 4.57. The largest absolute Gasteiger partial charge is 0.490 e. The van der Waals surface area contributed by atoms with Gasteiger partial charge in [-0.1, -0.05) is 43.5 Å². The van der Waals surface area contributed by atoms with Crippen molar-refractivity contribution >= 4 is 0 Å². The highest BCUT2D eigenvalue weighted by Crippen LogP contribution is 2.50. The lowest BCUT2D eigenvalue weighted by molar-refractivity contribution is -0.00779. The molecular formula is C31H46O7. The van der Waals surface area contributed by atoms with Crippen LogP contribution in [0.15, 0.2) is 30.3 Å². The molecule has 0 amide bonds. The van der Waals surface area contributed by atoms with Gasteiger partial charge < -0.3 is 33.5 Å². The van der Waals surface area contributed by atoms with Gasteiger partial charge >= 0.3 is 0 Å². The number of aliphatic hydroxyl groups is 1. The number of hydrogen-bond acceptors (Lipinski definition) is 7. The van der Waals surface area contributed by atoms with Gasteiger partial charge in [0.25, 0.3) is 0 Å². The molecule has 0 fully saturated rings. The molecule has 1 aliphatic heterocycles. The quantitative estimate of drug-likeness (QED) is 0.242. The van der Waals surface area contributed by atoms with Gasteiger partial charge in [-0.15, -0.1) is 0 Å². The van der Waals surface area contributed by atoms with Gasteiger partial charge in [0.1, 0.15) is 23.7 Å². The standard InChI is InChI=1S/C31H46O7/c1-5-6-7-8-25-22-28(37-20-19-36-18-17-35-16-15-34-14-13-33-12-11-32)30-26-21-24(2)9-10-27(26)31(3,4)38-29(30)23-25/h9-10,21-23,32H,5-8,11-20H2,1-4H3. The highest BCUT2D eigenvalue weighted by atomic mass is 16.6. The minimum Gasteiger partial charge on any atom is -0.490 e. The van der Waals surface area contributed by atoms with Crippen molar-refractivity contribution in [2.24, 2.45) is 0 Å². The molecule has 0 radical (unpaired) electrons. The first kappa shape index (κ1) is 30.4. The number of fused-ring (bicyclic) bond motifs is 3. The van der Waals surface area contributed by atoms with Gasteiger partial charge in [-0.2, -0.15) is 0 Å². The molecule has 38 heavy (non-hydrogen) atoms. The number of benzene rings is 2. The van der Waals surface area contributed by atoms with E-state index < -0.39 is 5.60 Å². The van der Waals surface area contributed by atoms with E-state index in [-0.39, 0.29) is 6.61 Å².